The average Bonchev–Trinajstić information content (AvgIpc) is 3.26. The summed E-state index contributed by atoms with van der Waals surface area (Å²) in [6.45, 7) is 1.68. The zero-order chi connectivity index (χ0) is 19.9. The lowest BCUT2D eigenvalue weighted by atomic mass is 10.2. The number of hydrogen-bond donors (Lipinski definition) is 1. The van der Waals surface area contributed by atoms with Crippen LogP contribution in [0.2, 0.25) is 5.02 Å². The van der Waals surface area contributed by atoms with Crippen LogP contribution in [0.25, 0.3) is 0 Å². The third kappa shape index (κ3) is 4.67. The van der Waals surface area contributed by atoms with Gasteiger partial charge >= 0.3 is 0 Å². The summed E-state index contributed by atoms with van der Waals surface area (Å²) in [6, 6.07) is 6.61. The highest BCUT2D eigenvalue weighted by molar-refractivity contribution is 6.33. The highest BCUT2D eigenvalue weighted by atomic mass is 35.5. The Morgan fingerprint density at radius 3 is 2.82 bits per heavy atom. The molecule has 0 spiro atoms. The highest BCUT2D eigenvalue weighted by Crippen LogP contribution is 2.25. The van der Waals surface area contributed by atoms with Crippen molar-refractivity contribution in [2.24, 2.45) is 4.99 Å². The van der Waals surface area contributed by atoms with Crippen molar-refractivity contribution in [3.8, 4) is 5.75 Å². The molecule has 0 unspecified atom stereocenters. The summed E-state index contributed by atoms with van der Waals surface area (Å²) in [5, 5.41) is 2.97. The van der Waals surface area contributed by atoms with Crippen LogP contribution in [0.4, 0.5) is 5.69 Å². The summed E-state index contributed by atoms with van der Waals surface area (Å²) >= 11 is 6.20. The van der Waals surface area contributed by atoms with Gasteiger partial charge in [-0.3, -0.25) is 19.6 Å². The number of carbonyl (C=O) groups excluding carboxylic acids is 2. The molecule has 1 aliphatic rings. The first-order chi connectivity index (χ1) is 13.6. The number of pyridine rings is 1. The van der Waals surface area contributed by atoms with Gasteiger partial charge in [-0.05, 0) is 37.1 Å². The number of hydrogen-bond acceptors (Lipinski definition) is 5. The minimum atomic E-state index is -0.238. The van der Waals surface area contributed by atoms with E-state index in [1.165, 1.54) is 12.4 Å². The van der Waals surface area contributed by atoms with Gasteiger partial charge in [0.25, 0.3) is 11.8 Å². The molecule has 1 fully saturated rings. The van der Waals surface area contributed by atoms with Crippen molar-refractivity contribution in [3.63, 3.8) is 0 Å². The highest BCUT2D eigenvalue weighted by Gasteiger charge is 2.22. The fourth-order valence-corrected chi connectivity index (χ4v) is 3.13. The second-order valence-corrected chi connectivity index (χ2v) is 6.64. The molecule has 1 aromatic carbocycles. The summed E-state index contributed by atoms with van der Waals surface area (Å²) in [6.07, 6.45) is 6.62. The zero-order valence-corrected chi connectivity index (χ0v) is 16.3. The van der Waals surface area contributed by atoms with Crippen molar-refractivity contribution in [1.82, 2.24) is 15.2 Å². The molecule has 2 aromatic rings. The van der Waals surface area contributed by atoms with Crippen LogP contribution in [-0.2, 0) is 0 Å². The van der Waals surface area contributed by atoms with Gasteiger partial charge in [0.2, 0.25) is 0 Å². The number of likely N-dealkylation sites (tertiary alicyclic amines) is 1. The Balaban J connectivity index is 1.65. The van der Waals surface area contributed by atoms with Crippen molar-refractivity contribution in [3.05, 3.63) is 52.8 Å². The Bertz CT molecular complexity index is 895. The maximum absolute atomic E-state index is 12.6. The van der Waals surface area contributed by atoms with E-state index in [9.17, 15) is 9.59 Å². The summed E-state index contributed by atoms with van der Waals surface area (Å²) in [4.78, 5) is 34.5. The molecule has 0 atom stereocenters. The summed E-state index contributed by atoms with van der Waals surface area (Å²) in [7, 11) is 1.56. The molecule has 28 heavy (non-hydrogen) atoms. The number of aromatic nitrogens is 1. The Morgan fingerprint density at radius 2 is 2.07 bits per heavy atom. The first-order valence-electron chi connectivity index (χ1n) is 9.00. The number of amides is 2. The molecule has 0 bridgehead atoms. The number of halogens is 1. The first-order valence-corrected chi connectivity index (χ1v) is 9.38. The number of ether oxygens (including phenoxy) is 1. The Morgan fingerprint density at radius 1 is 1.29 bits per heavy atom. The van der Waals surface area contributed by atoms with E-state index in [1.807, 2.05) is 0 Å². The minimum absolute atomic E-state index is 0.0767. The van der Waals surface area contributed by atoms with Crippen molar-refractivity contribution >= 4 is 35.3 Å². The van der Waals surface area contributed by atoms with Gasteiger partial charge in [0, 0.05) is 32.5 Å². The summed E-state index contributed by atoms with van der Waals surface area (Å²) in [5.74, 6) is 0.210. The molecule has 0 radical (unpaired) electrons. The molecule has 3 rings (SSSR count). The number of benzene rings is 1. The Hall–Kier alpha value is -2.93. The topological polar surface area (TPSA) is 83.9 Å². The van der Waals surface area contributed by atoms with Crippen LogP contribution in [-0.4, -0.2) is 54.7 Å². The number of carbonyl (C=O) groups is 2. The van der Waals surface area contributed by atoms with Gasteiger partial charge in [-0.15, -0.1) is 0 Å². The van der Waals surface area contributed by atoms with Gasteiger partial charge in [-0.2, -0.15) is 0 Å². The van der Waals surface area contributed by atoms with Crippen molar-refractivity contribution in [2.45, 2.75) is 12.8 Å². The van der Waals surface area contributed by atoms with Crippen LogP contribution in [0, 0.1) is 0 Å². The quantitative estimate of drug-likeness (QED) is 0.755. The predicted molar refractivity (Wildman–Crippen MR) is 108 cm³/mol. The standard InChI is InChI=1S/C20H21ClN4O3/c1-22-19(26)15-6-7-23-13-18(15)24-8-11-28-14-4-5-17(21)16(12-14)20(27)25-9-2-3-10-25/h4-8,12-13H,2-3,9-11H2,1H3,(H,22,26). The molecule has 0 aliphatic carbocycles. The van der Waals surface area contributed by atoms with E-state index in [0.717, 1.165) is 25.9 Å². The normalized spacial score (nSPS) is 13.7. The van der Waals surface area contributed by atoms with E-state index < -0.39 is 0 Å². The minimum Gasteiger partial charge on any atom is -0.488 e. The molecule has 8 heteroatoms. The fourth-order valence-electron chi connectivity index (χ4n) is 2.93. The van der Waals surface area contributed by atoms with Gasteiger partial charge in [0.15, 0.2) is 0 Å². The average molecular weight is 401 g/mol. The Labute approximate surface area is 168 Å². The molecule has 1 aliphatic heterocycles. The molecule has 1 aromatic heterocycles. The van der Waals surface area contributed by atoms with E-state index in [2.05, 4.69) is 15.3 Å². The lowest BCUT2D eigenvalue weighted by molar-refractivity contribution is 0.0792. The zero-order valence-electron chi connectivity index (χ0n) is 15.5. The predicted octanol–water partition coefficient (Wildman–Crippen LogP) is 3.11. The Kier molecular flexibility index (Phi) is 6.60. The van der Waals surface area contributed by atoms with Crippen molar-refractivity contribution < 1.29 is 14.3 Å². The molecule has 7 nitrogen and oxygen atoms in total. The number of nitrogens with one attached hydrogen (secondary N) is 1. The van der Waals surface area contributed by atoms with Crippen LogP contribution in [0.3, 0.4) is 0 Å². The van der Waals surface area contributed by atoms with E-state index in [4.69, 9.17) is 16.3 Å². The lowest BCUT2D eigenvalue weighted by Crippen LogP contribution is -2.27. The molecule has 1 N–H and O–H groups in total. The second kappa shape index (κ2) is 9.32. The largest absolute Gasteiger partial charge is 0.488 e. The maximum atomic E-state index is 12.6. The van der Waals surface area contributed by atoms with Crippen LogP contribution >= 0.6 is 11.6 Å². The first kappa shape index (κ1) is 19.8. The van der Waals surface area contributed by atoms with Crippen LogP contribution in [0.15, 0.2) is 41.7 Å². The van der Waals surface area contributed by atoms with E-state index >= 15 is 0 Å². The third-order valence-corrected chi connectivity index (χ3v) is 4.72. The van der Waals surface area contributed by atoms with Gasteiger partial charge in [-0.25, -0.2) is 0 Å². The maximum Gasteiger partial charge on any atom is 0.255 e. The number of nitrogens with zero attached hydrogens (tertiary/aromatic N) is 3. The molecule has 0 saturated carbocycles. The van der Waals surface area contributed by atoms with E-state index in [-0.39, 0.29) is 18.4 Å². The smallest absolute Gasteiger partial charge is 0.255 e. The molecule has 2 amide bonds. The van der Waals surface area contributed by atoms with Gasteiger partial charge in [-0.1, -0.05) is 11.6 Å². The third-order valence-electron chi connectivity index (χ3n) is 4.39. The van der Waals surface area contributed by atoms with Crippen LogP contribution in [0.1, 0.15) is 33.6 Å². The SMILES string of the molecule is CNC(=O)c1ccncc1N=CCOc1ccc(Cl)c(C(=O)N2CCCC2)c1. The molecular formula is C20H21ClN4O3. The number of aliphatic imine (C=N–C) groups is 1. The van der Waals surface area contributed by atoms with Gasteiger partial charge < -0.3 is 15.0 Å². The molecule has 146 valence electrons. The molecule has 1 saturated heterocycles. The summed E-state index contributed by atoms with van der Waals surface area (Å²) < 4.78 is 5.66. The van der Waals surface area contributed by atoms with E-state index in [1.54, 1.807) is 42.4 Å². The number of rotatable bonds is 6. The van der Waals surface area contributed by atoms with Gasteiger partial charge in [0.05, 0.1) is 28.0 Å². The second-order valence-electron chi connectivity index (χ2n) is 6.24. The lowest BCUT2D eigenvalue weighted by Gasteiger charge is -2.16. The van der Waals surface area contributed by atoms with Crippen molar-refractivity contribution in [2.75, 3.05) is 26.7 Å². The molecule has 2 heterocycles. The van der Waals surface area contributed by atoms with Crippen molar-refractivity contribution in [1.29, 1.82) is 0 Å². The fraction of sp³-hybridized carbons (Fsp3) is 0.300. The summed E-state index contributed by atoms with van der Waals surface area (Å²) in [5.41, 5.74) is 1.32. The monoisotopic (exact) mass is 400 g/mol. The molecular weight excluding hydrogens is 380 g/mol. The van der Waals surface area contributed by atoms with Gasteiger partial charge in [0.1, 0.15) is 12.4 Å². The van der Waals surface area contributed by atoms with E-state index in [0.29, 0.717) is 27.6 Å². The van der Waals surface area contributed by atoms with Crippen LogP contribution in [0.5, 0.6) is 5.75 Å². The van der Waals surface area contributed by atoms with Crippen LogP contribution < -0.4 is 10.1 Å².